The molecule has 1 atom stereocenters. The van der Waals surface area contributed by atoms with Crippen LogP contribution in [0.1, 0.15) is 39.2 Å². The minimum absolute atomic E-state index is 0.118. The minimum Gasteiger partial charge on any atom is -0.353 e. The maximum atomic E-state index is 12.7. The van der Waals surface area contributed by atoms with Crippen molar-refractivity contribution in [3.63, 3.8) is 0 Å². The number of halogens is 3. The molecule has 0 saturated heterocycles. The van der Waals surface area contributed by atoms with Crippen LogP contribution >= 0.6 is 0 Å². The van der Waals surface area contributed by atoms with Crippen LogP contribution in [0.2, 0.25) is 0 Å². The van der Waals surface area contributed by atoms with Crippen LogP contribution in [-0.4, -0.2) is 26.9 Å². The van der Waals surface area contributed by atoms with Gasteiger partial charge < -0.3 is 5.32 Å². The third-order valence-corrected chi connectivity index (χ3v) is 4.88. The molecule has 0 aliphatic rings. The summed E-state index contributed by atoms with van der Waals surface area (Å²) in [7, 11) is -4.21. The highest BCUT2D eigenvalue weighted by Gasteiger charge is 2.31. The molecule has 0 aromatic heterocycles. The van der Waals surface area contributed by atoms with Crippen LogP contribution in [0.25, 0.3) is 0 Å². The molecule has 9 heteroatoms. The van der Waals surface area contributed by atoms with Crippen LogP contribution in [0.15, 0.2) is 29.2 Å². The average molecular weight is 380 g/mol. The second-order valence-electron chi connectivity index (χ2n) is 6.29. The number of alkyl halides is 3. The number of carbonyl (C=O) groups is 1. The first-order valence-electron chi connectivity index (χ1n) is 7.88. The molecule has 0 saturated carbocycles. The summed E-state index contributed by atoms with van der Waals surface area (Å²) in [4.78, 5) is 11.2. The molecule has 142 valence electrons. The number of benzene rings is 1. The summed E-state index contributed by atoms with van der Waals surface area (Å²) in [5, 5.41) is 2.65. The Hall–Kier alpha value is -1.61. The molecular weight excluding hydrogens is 357 g/mol. The molecule has 1 aromatic rings. The average Bonchev–Trinajstić information content (AvgIpc) is 2.50. The summed E-state index contributed by atoms with van der Waals surface area (Å²) < 4.78 is 64.1. The fourth-order valence-electron chi connectivity index (χ4n) is 2.06. The van der Waals surface area contributed by atoms with E-state index in [-0.39, 0.29) is 6.04 Å². The van der Waals surface area contributed by atoms with Crippen LogP contribution in [0.3, 0.4) is 0 Å². The molecule has 0 aliphatic carbocycles. The highest BCUT2D eigenvalue weighted by Crippen LogP contribution is 2.30. The van der Waals surface area contributed by atoms with Crippen molar-refractivity contribution in [2.45, 2.75) is 50.7 Å². The second-order valence-corrected chi connectivity index (χ2v) is 8.06. The predicted octanol–water partition coefficient (Wildman–Crippen LogP) is 2.92. The molecule has 0 bridgehead atoms. The fourth-order valence-corrected chi connectivity index (χ4v) is 3.09. The first-order chi connectivity index (χ1) is 11.4. The van der Waals surface area contributed by atoms with Crippen molar-refractivity contribution >= 4 is 15.9 Å². The van der Waals surface area contributed by atoms with Crippen molar-refractivity contribution < 1.29 is 26.4 Å². The van der Waals surface area contributed by atoms with Gasteiger partial charge >= 0.3 is 6.18 Å². The van der Waals surface area contributed by atoms with Crippen molar-refractivity contribution in [2.75, 3.05) is 6.54 Å². The molecular formula is C16H23F3N2O3S. The normalized spacial score (nSPS) is 13.7. The molecule has 25 heavy (non-hydrogen) atoms. The highest BCUT2D eigenvalue weighted by atomic mass is 32.2. The smallest absolute Gasteiger partial charge is 0.353 e. The molecule has 1 aromatic carbocycles. The Balaban J connectivity index is 2.65. The standard InChI is InChI=1S/C16H23F3N2O3S/c1-11(2)7-8-12(3)21-15(22)10-20-25(23,24)14-6-4-5-13(9-14)16(17,18)19/h4-6,9,11-12,20H,7-8,10H2,1-3H3,(H,21,22). The summed E-state index contributed by atoms with van der Waals surface area (Å²) >= 11 is 0. The summed E-state index contributed by atoms with van der Waals surface area (Å²) in [6, 6.07) is 3.24. The van der Waals surface area contributed by atoms with Crippen molar-refractivity contribution in [1.29, 1.82) is 0 Å². The molecule has 0 aliphatic heterocycles. The van der Waals surface area contributed by atoms with Gasteiger partial charge in [0.2, 0.25) is 15.9 Å². The van der Waals surface area contributed by atoms with Crippen molar-refractivity contribution in [3.05, 3.63) is 29.8 Å². The van der Waals surface area contributed by atoms with E-state index in [1.165, 1.54) is 0 Å². The van der Waals surface area contributed by atoms with Gasteiger partial charge in [0.05, 0.1) is 17.0 Å². The Morgan fingerprint density at radius 2 is 1.80 bits per heavy atom. The summed E-state index contributed by atoms with van der Waals surface area (Å²) in [6.07, 6.45) is -2.98. The van der Waals surface area contributed by atoms with Gasteiger partial charge in [0.1, 0.15) is 0 Å². The van der Waals surface area contributed by atoms with Gasteiger partial charge in [0, 0.05) is 6.04 Å². The van der Waals surface area contributed by atoms with Gasteiger partial charge in [-0.05, 0) is 43.9 Å². The monoisotopic (exact) mass is 380 g/mol. The van der Waals surface area contributed by atoms with Gasteiger partial charge in [-0.3, -0.25) is 4.79 Å². The Kier molecular flexibility index (Phi) is 7.43. The first kappa shape index (κ1) is 21.4. The molecule has 2 N–H and O–H groups in total. The van der Waals surface area contributed by atoms with E-state index in [2.05, 4.69) is 19.2 Å². The Morgan fingerprint density at radius 1 is 1.16 bits per heavy atom. The number of carbonyl (C=O) groups excluding carboxylic acids is 1. The van der Waals surface area contributed by atoms with Crippen LogP contribution < -0.4 is 10.0 Å². The number of rotatable bonds is 8. The lowest BCUT2D eigenvalue weighted by Crippen LogP contribution is -2.41. The van der Waals surface area contributed by atoms with Crippen LogP contribution in [0, 0.1) is 5.92 Å². The zero-order valence-corrected chi connectivity index (χ0v) is 15.2. The second kappa shape index (κ2) is 8.66. The number of amides is 1. The molecule has 1 unspecified atom stereocenters. The molecule has 0 spiro atoms. The van der Waals surface area contributed by atoms with Crippen LogP contribution in [0.4, 0.5) is 13.2 Å². The van der Waals surface area contributed by atoms with Crippen LogP contribution in [0.5, 0.6) is 0 Å². The maximum absolute atomic E-state index is 12.7. The highest BCUT2D eigenvalue weighted by molar-refractivity contribution is 7.89. The topological polar surface area (TPSA) is 75.3 Å². The van der Waals surface area contributed by atoms with Gasteiger partial charge in [-0.25, -0.2) is 13.1 Å². The minimum atomic E-state index is -4.64. The zero-order valence-electron chi connectivity index (χ0n) is 14.4. The molecule has 5 nitrogen and oxygen atoms in total. The Labute approximate surface area is 146 Å². The Morgan fingerprint density at radius 3 is 2.36 bits per heavy atom. The molecule has 0 radical (unpaired) electrons. The number of sulfonamides is 1. The van der Waals surface area contributed by atoms with E-state index in [1.54, 1.807) is 0 Å². The molecule has 1 rings (SSSR count). The third-order valence-electron chi connectivity index (χ3n) is 3.48. The third kappa shape index (κ3) is 7.43. The van der Waals surface area contributed by atoms with Gasteiger partial charge in [-0.1, -0.05) is 19.9 Å². The lowest BCUT2D eigenvalue weighted by atomic mass is 10.0. The summed E-state index contributed by atoms with van der Waals surface area (Å²) in [5.41, 5.74) is -1.07. The quantitative estimate of drug-likeness (QED) is 0.728. The van der Waals surface area contributed by atoms with Crippen molar-refractivity contribution in [2.24, 2.45) is 5.92 Å². The maximum Gasteiger partial charge on any atom is 0.416 e. The number of hydrogen-bond acceptors (Lipinski definition) is 3. The largest absolute Gasteiger partial charge is 0.416 e. The van der Waals surface area contributed by atoms with E-state index >= 15 is 0 Å². The van der Waals surface area contributed by atoms with E-state index in [0.29, 0.717) is 12.0 Å². The lowest BCUT2D eigenvalue weighted by Gasteiger charge is -2.15. The molecule has 1 amide bonds. The van der Waals surface area contributed by atoms with E-state index in [0.717, 1.165) is 31.0 Å². The van der Waals surface area contributed by atoms with Gasteiger partial charge in [0.15, 0.2) is 0 Å². The predicted molar refractivity (Wildman–Crippen MR) is 88.3 cm³/mol. The zero-order chi connectivity index (χ0) is 19.3. The molecule has 0 fully saturated rings. The fraction of sp³-hybridized carbons (Fsp3) is 0.562. The number of nitrogens with one attached hydrogen (secondary N) is 2. The van der Waals surface area contributed by atoms with E-state index in [9.17, 15) is 26.4 Å². The van der Waals surface area contributed by atoms with E-state index < -0.39 is 39.1 Å². The van der Waals surface area contributed by atoms with E-state index in [4.69, 9.17) is 0 Å². The Bertz CT molecular complexity index is 688. The summed E-state index contributed by atoms with van der Waals surface area (Å²) in [6.45, 7) is 5.38. The SMILES string of the molecule is CC(C)CCC(C)NC(=O)CNS(=O)(=O)c1cccc(C(F)(F)F)c1. The lowest BCUT2D eigenvalue weighted by molar-refractivity contribution is -0.137. The van der Waals surface area contributed by atoms with Crippen LogP contribution in [-0.2, 0) is 21.0 Å². The van der Waals surface area contributed by atoms with Gasteiger partial charge in [0.25, 0.3) is 0 Å². The summed E-state index contributed by atoms with van der Waals surface area (Å²) in [5.74, 6) is -0.0504. The van der Waals surface area contributed by atoms with E-state index in [1.807, 2.05) is 11.6 Å². The van der Waals surface area contributed by atoms with Gasteiger partial charge in [-0.2, -0.15) is 13.2 Å². The van der Waals surface area contributed by atoms with Gasteiger partial charge in [-0.15, -0.1) is 0 Å². The number of hydrogen-bond donors (Lipinski definition) is 2. The van der Waals surface area contributed by atoms with Crippen molar-refractivity contribution in [3.8, 4) is 0 Å². The van der Waals surface area contributed by atoms with Crippen molar-refractivity contribution in [1.82, 2.24) is 10.0 Å². The molecule has 0 heterocycles. The first-order valence-corrected chi connectivity index (χ1v) is 9.36.